The van der Waals surface area contributed by atoms with Gasteiger partial charge in [0, 0.05) is 13.1 Å². The Labute approximate surface area is 155 Å². The highest BCUT2D eigenvalue weighted by molar-refractivity contribution is 9.10. The molecule has 0 radical (unpaired) electrons. The summed E-state index contributed by atoms with van der Waals surface area (Å²) in [4.78, 5) is 24.1. The maximum atomic E-state index is 12.5. The van der Waals surface area contributed by atoms with Crippen LogP contribution in [0.4, 0.5) is 10.5 Å². The molecule has 24 heavy (non-hydrogen) atoms. The number of anilines is 1. The second-order valence-electron chi connectivity index (χ2n) is 6.42. The minimum atomic E-state index is -0.606. The highest BCUT2D eigenvalue weighted by Gasteiger charge is 2.29. The minimum absolute atomic E-state index is 0.121. The molecule has 1 N–H and O–H groups in total. The maximum Gasteiger partial charge on any atom is 0.408 e. The Hall–Kier alpha value is -1.47. The van der Waals surface area contributed by atoms with Gasteiger partial charge in [-0.1, -0.05) is 17.7 Å². The van der Waals surface area contributed by atoms with Crippen molar-refractivity contribution in [2.45, 2.75) is 32.8 Å². The number of benzene rings is 1. The number of nitrogens with zero attached hydrogens (tertiary/aromatic N) is 2. The molecule has 0 bridgehead atoms. The van der Waals surface area contributed by atoms with Crippen LogP contribution in [-0.2, 0) is 9.53 Å². The highest BCUT2D eigenvalue weighted by atomic mass is 79.9. The molecule has 2 rings (SSSR count). The number of hydrogen-bond acceptors (Lipinski definition) is 4. The summed E-state index contributed by atoms with van der Waals surface area (Å²) in [5, 5.41) is 6.57. The van der Waals surface area contributed by atoms with Gasteiger partial charge in [0.25, 0.3) is 5.91 Å². The van der Waals surface area contributed by atoms with Crippen LogP contribution in [-0.4, -0.2) is 42.2 Å². The number of ether oxygens (including phenoxy) is 1. The molecule has 1 aliphatic heterocycles. The Morgan fingerprint density at radius 3 is 2.71 bits per heavy atom. The first-order chi connectivity index (χ1) is 11.2. The van der Waals surface area contributed by atoms with Crippen LogP contribution >= 0.6 is 27.5 Å². The van der Waals surface area contributed by atoms with Crippen LogP contribution in [0.15, 0.2) is 22.7 Å². The SMILES string of the molecule is CC(C)(C)OC(=O)NCC(=O)N1CCCN1c1cccc(Cl)c1Br. The molecule has 1 aliphatic rings. The number of nitrogens with one attached hydrogen (secondary N) is 1. The third kappa shape index (κ3) is 4.77. The summed E-state index contributed by atoms with van der Waals surface area (Å²) in [6.07, 6.45) is 0.238. The van der Waals surface area contributed by atoms with Gasteiger partial charge in [0.15, 0.2) is 0 Å². The van der Waals surface area contributed by atoms with Crippen molar-refractivity contribution in [2.24, 2.45) is 0 Å². The number of rotatable bonds is 3. The van der Waals surface area contributed by atoms with E-state index in [1.807, 2.05) is 17.1 Å². The van der Waals surface area contributed by atoms with Crippen molar-refractivity contribution in [2.75, 3.05) is 24.6 Å². The molecular weight excluding hydrogens is 398 g/mol. The molecule has 2 amide bonds. The predicted octanol–water partition coefficient (Wildman–Crippen LogP) is 3.58. The average Bonchev–Trinajstić information content (AvgIpc) is 2.95. The summed E-state index contributed by atoms with van der Waals surface area (Å²) in [7, 11) is 0. The first-order valence-corrected chi connectivity index (χ1v) is 8.85. The van der Waals surface area contributed by atoms with Crippen LogP contribution < -0.4 is 10.3 Å². The van der Waals surface area contributed by atoms with Crippen molar-refractivity contribution in [3.05, 3.63) is 27.7 Å². The van der Waals surface area contributed by atoms with E-state index in [0.29, 0.717) is 18.1 Å². The molecule has 8 heteroatoms. The van der Waals surface area contributed by atoms with Gasteiger partial charge < -0.3 is 10.1 Å². The number of carbonyl (C=O) groups is 2. The lowest BCUT2D eigenvalue weighted by molar-refractivity contribution is -0.129. The molecule has 1 aromatic carbocycles. The lowest BCUT2D eigenvalue weighted by Crippen LogP contribution is -2.47. The second-order valence-corrected chi connectivity index (χ2v) is 7.62. The molecule has 0 unspecified atom stereocenters. The van der Waals surface area contributed by atoms with Gasteiger partial charge in [-0.3, -0.25) is 14.8 Å². The molecule has 0 aliphatic carbocycles. The van der Waals surface area contributed by atoms with Gasteiger partial charge in [0.05, 0.1) is 15.2 Å². The van der Waals surface area contributed by atoms with Gasteiger partial charge in [-0.2, -0.15) is 0 Å². The van der Waals surface area contributed by atoms with Gasteiger partial charge in [0.2, 0.25) is 0 Å². The smallest absolute Gasteiger partial charge is 0.408 e. The Morgan fingerprint density at radius 2 is 2.04 bits per heavy atom. The van der Waals surface area contributed by atoms with E-state index >= 15 is 0 Å². The van der Waals surface area contributed by atoms with E-state index in [1.54, 1.807) is 31.8 Å². The molecule has 0 saturated carbocycles. The van der Waals surface area contributed by atoms with Crippen molar-refractivity contribution in [1.82, 2.24) is 10.3 Å². The third-order valence-corrected chi connectivity index (χ3v) is 4.69. The minimum Gasteiger partial charge on any atom is -0.444 e. The standard InChI is InChI=1S/C16H21BrClN3O3/c1-16(2,3)24-15(23)19-10-13(22)21-9-5-8-20(21)12-7-4-6-11(18)14(12)17/h4,6-7H,5,8-10H2,1-3H3,(H,19,23). The number of amides is 2. The molecular formula is C16H21BrClN3O3. The van der Waals surface area contributed by atoms with Crippen LogP contribution in [0, 0.1) is 0 Å². The Balaban J connectivity index is 2.01. The topological polar surface area (TPSA) is 61.9 Å². The molecule has 0 spiro atoms. The fourth-order valence-corrected chi connectivity index (χ4v) is 3.01. The number of hydrogen-bond donors (Lipinski definition) is 1. The van der Waals surface area contributed by atoms with Crippen LogP contribution in [0.1, 0.15) is 27.2 Å². The normalized spacial score (nSPS) is 14.7. The van der Waals surface area contributed by atoms with Crippen LogP contribution in [0.2, 0.25) is 5.02 Å². The fourth-order valence-electron chi connectivity index (χ4n) is 2.37. The predicted molar refractivity (Wildman–Crippen MR) is 97.1 cm³/mol. The Morgan fingerprint density at radius 1 is 1.33 bits per heavy atom. The van der Waals surface area contributed by atoms with E-state index in [0.717, 1.165) is 16.6 Å². The molecule has 132 valence electrons. The fraction of sp³-hybridized carbons (Fsp3) is 0.500. The number of hydrazine groups is 1. The van der Waals surface area contributed by atoms with Crippen molar-refractivity contribution >= 4 is 45.2 Å². The van der Waals surface area contributed by atoms with Crippen LogP contribution in [0.3, 0.4) is 0 Å². The number of halogens is 2. The lowest BCUT2D eigenvalue weighted by Gasteiger charge is -2.31. The molecule has 0 aromatic heterocycles. The van der Waals surface area contributed by atoms with Gasteiger partial charge in [0.1, 0.15) is 12.1 Å². The number of carbonyl (C=O) groups excluding carboxylic acids is 2. The first kappa shape index (κ1) is 18.9. The van der Waals surface area contributed by atoms with Crippen LogP contribution in [0.5, 0.6) is 0 Å². The van der Waals surface area contributed by atoms with E-state index in [9.17, 15) is 9.59 Å². The summed E-state index contributed by atoms with van der Waals surface area (Å²) >= 11 is 9.59. The monoisotopic (exact) mass is 417 g/mol. The Kier molecular flexibility index (Phi) is 5.98. The molecule has 6 nitrogen and oxygen atoms in total. The average molecular weight is 419 g/mol. The zero-order valence-corrected chi connectivity index (χ0v) is 16.3. The van der Waals surface area contributed by atoms with Gasteiger partial charge in [-0.05, 0) is 55.3 Å². The van der Waals surface area contributed by atoms with Crippen molar-refractivity contribution in [1.29, 1.82) is 0 Å². The van der Waals surface area contributed by atoms with E-state index < -0.39 is 11.7 Å². The molecule has 0 atom stereocenters. The van der Waals surface area contributed by atoms with Crippen molar-refractivity contribution < 1.29 is 14.3 Å². The summed E-state index contributed by atoms with van der Waals surface area (Å²) in [6.45, 7) is 6.49. The Bertz CT molecular complexity index is 633. The first-order valence-electron chi connectivity index (χ1n) is 7.68. The van der Waals surface area contributed by atoms with Gasteiger partial charge in [-0.25, -0.2) is 4.79 Å². The number of alkyl carbamates (subject to hydrolysis) is 1. The quantitative estimate of drug-likeness (QED) is 0.815. The molecule has 1 saturated heterocycles. The summed E-state index contributed by atoms with van der Waals surface area (Å²) in [5.41, 5.74) is 0.226. The van der Waals surface area contributed by atoms with Gasteiger partial charge >= 0.3 is 6.09 Å². The van der Waals surface area contributed by atoms with Gasteiger partial charge in [-0.15, -0.1) is 0 Å². The summed E-state index contributed by atoms with van der Waals surface area (Å²) < 4.78 is 5.88. The van der Waals surface area contributed by atoms with Crippen molar-refractivity contribution in [3.63, 3.8) is 0 Å². The summed E-state index contributed by atoms with van der Waals surface area (Å²) in [6, 6.07) is 5.51. The zero-order valence-electron chi connectivity index (χ0n) is 13.9. The highest BCUT2D eigenvalue weighted by Crippen LogP contribution is 2.35. The van der Waals surface area contributed by atoms with E-state index in [1.165, 1.54) is 0 Å². The molecule has 1 fully saturated rings. The van der Waals surface area contributed by atoms with Crippen molar-refractivity contribution in [3.8, 4) is 0 Å². The van der Waals surface area contributed by atoms with E-state index in [-0.39, 0.29) is 12.5 Å². The molecule has 1 heterocycles. The second kappa shape index (κ2) is 7.61. The zero-order chi connectivity index (χ0) is 17.9. The lowest BCUT2D eigenvalue weighted by atomic mass is 10.2. The molecule has 1 aromatic rings. The van der Waals surface area contributed by atoms with E-state index in [4.69, 9.17) is 16.3 Å². The van der Waals surface area contributed by atoms with E-state index in [2.05, 4.69) is 21.2 Å². The maximum absolute atomic E-state index is 12.5. The van der Waals surface area contributed by atoms with Crippen LogP contribution in [0.25, 0.3) is 0 Å². The third-order valence-electron chi connectivity index (χ3n) is 3.31. The summed E-state index contributed by atoms with van der Waals surface area (Å²) in [5.74, 6) is -0.203. The largest absolute Gasteiger partial charge is 0.444 e.